The smallest absolute Gasteiger partial charge is 0.164 e. The average molecular weight is 832 g/mol. The highest BCUT2D eigenvalue weighted by Crippen LogP contribution is 2.63. The minimum absolute atomic E-state index is 0.588. The Morgan fingerprint density at radius 3 is 1.69 bits per heavy atom. The van der Waals surface area contributed by atoms with Crippen LogP contribution in [0, 0.1) is 11.3 Å². The summed E-state index contributed by atoms with van der Waals surface area (Å²) < 4.78 is 2.45. The van der Waals surface area contributed by atoms with Crippen LogP contribution in [0.25, 0.3) is 98.8 Å². The van der Waals surface area contributed by atoms with Crippen molar-refractivity contribution < 1.29 is 0 Å². The summed E-state index contributed by atoms with van der Waals surface area (Å²) in [6, 6.07) is 69.0. The Kier molecular flexibility index (Phi) is 7.99. The molecule has 0 radical (unpaired) electrons. The van der Waals surface area contributed by atoms with Crippen LogP contribution in [0.15, 0.2) is 200 Å². The van der Waals surface area contributed by atoms with Gasteiger partial charge in [-0.1, -0.05) is 127 Å². The zero-order chi connectivity index (χ0) is 42.4. The molecule has 3 aromatic heterocycles. The van der Waals surface area contributed by atoms with Crippen LogP contribution in [0.1, 0.15) is 27.8 Å². The van der Waals surface area contributed by atoms with E-state index in [1.165, 1.54) is 53.6 Å². The van der Waals surface area contributed by atoms with Crippen molar-refractivity contribution in [2.75, 3.05) is 0 Å². The van der Waals surface area contributed by atoms with E-state index < -0.39 is 5.41 Å². The molecule has 13 rings (SSSR count). The molecule has 8 aromatic carbocycles. The first-order valence-corrected chi connectivity index (χ1v) is 22.1. The second kappa shape index (κ2) is 14.1. The lowest BCUT2D eigenvalue weighted by Crippen LogP contribution is -2.26. The van der Waals surface area contributed by atoms with Gasteiger partial charge in [-0.05, 0) is 127 Å². The van der Waals surface area contributed by atoms with Crippen LogP contribution >= 0.6 is 11.3 Å². The van der Waals surface area contributed by atoms with Crippen LogP contribution in [-0.2, 0) is 5.41 Å². The molecular formula is C58H33N5S. The van der Waals surface area contributed by atoms with Crippen molar-refractivity contribution in [1.82, 2.24) is 19.9 Å². The molecule has 5 nitrogen and oxygen atoms in total. The van der Waals surface area contributed by atoms with Gasteiger partial charge >= 0.3 is 0 Å². The summed E-state index contributed by atoms with van der Waals surface area (Å²) in [4.78, 5) is 20.0. The molecule has 0 amide bonds. The topological polar surface area (TPSA) is 75.3 Å². The lowest BCUT2D eigenvalue weighted by atomic mass is 9.70. The lowest BCUT2D eigenvalue weighted by Gasteiger charge is -2.30. The summed E-state index contributed by atoms with van der Waals surface area (Å²) in [5.74, 6) is 1.82. The molecule has 0 saturated carbocycles. The number of aromatic nitrogens is 4. The van der Waals surface area contributed by atoms with E-state index in [0.717, 1.165) is 50.1 Å². The van der Waals surface area contributed by atoms with Crippen LogP contribution in [0.3, 0.4) is 0 Å². The van der Waals surface area contributed by atoms with Gasteiger partial charge in [0, 0.05) is 49.3 Å². The standard InChI is InChI=1S/C58H33N5S/c59-34-35-18-21-45-46-22-19-38(32-52(46)58(51(45)28-35)49-15-7-4-12-43(49)44-13-5-8-16-50(44)58)41-29-40(36-24-26-60-27-25-36)30-42(31-41)57-62-55(37-10-2-1-3-11-37)61-56(63-57)39-20-23-48-47-14-6-9-17-53(47)64-54(48)33-39/h1-33H. The van der Waals surface area contributed by atoms with Gasteiger partial charge < -0.3 is 0 Å². The van der Waals surface area contributed by atoms with Crippen molar-refractivity contribution in [3.05, 3.63) is 228 Å². The predicted octanol–water partition coefficient (Wildman–Crippen LogP) is 14.2. The second-order valence-electron chi connectivity index (χ2n) is 16.5. The van der Waals surface area contributed by atoms with Gasteiger partial charge in [0.2, 0.25) is 0 Å². The van der Waals surface area contributed by atoms with Crippen LogP contribution in [0.4, 0.5) is 0 Å². The van der Waals surface area contributed by atoms with Gasteiger partial charge in [0.05, 0.1) is 17.0 Å². The number of benzene rings is 8. The molecule has 2 aliphatic carbocycles. The van der Waals surface area contributed by atoms with Gasteiger partial charge in [-0.2, -0.15) is 5.26 Å². The number of hydrogen-bond acceptors (Lipinski definition) is 6. The minimum Gasteiger partial charge on any atom is -0.265 e. The molecule has 6 heteroatoms. The zero-order valence-corrected chi connectivity index (χ0v) is 35.0. The van der Waals surface area contributed by atoms with Crippen LogP contribution in [0.5, 0.6) is 0 Å². The van der Waals surface area contributed by atoms with Gasteiger partial charge in [0.25, 0.3) is 0 Å². The maximum absolute atomic E-state index is 10.2. The molecule has 0 aliphatic heterocycles. The molecule has 2 aliphatic rings. The van der Waals surface area contributed by atoms with Gasteiger partial charge in [0.15, 0.2) is 17.5 Å². The normalized spacial score (nSPS) is 12.8. The summed E-state index contributed by atoms with van der Waals surface area (Å²) in [7, 11) is 0. The summed E-state index contributed by atoms with van der Waals surface area (Å²) >= 11 is 1.79. The van der Waals surface area contributed by atoms with Gasteiger partial charge in [-0.15, -0.1) is 11.3 Å². The molecular weight excluding hydrogens is 799 g/mol. The van der Waals surface area contributed by atoms with E-state index in [9.17, 15) is 5.26 Å². The van der Waals surface area contributed by atoms with Crippen LogP contribution in [0.2, 0.25) is 0 Å². The summed E-state index contributed by atoms with van der Waals surface area (Å²) in [5.41, 5.74) is 16.5. The number of nitrogens with zero attached hydrogens (tertiary/aromatic N) is 5. The van der Waals surface area contributed by atoms with Crippen molar-refractivity contribution in [3.63, 3.8) is 0 Å². The molecule has 0 fully saturated rings. The Bertz CT molecular complexity index is 3710. The van der Waals surface area contributed by atoms with Gasteiger partial charge in [-0.3, -0.25) is 4.98 Å². The second-order valence-corrected chi connectivity index (χ2v) is 17.6. The first-order chi connectivity index (χ1) is 31.6. The molecule has 0 saturated heterocycles. The van der Waals surface area contributed by atoms with E-state index in [1.54, 1.807) is 11.3 Å². The molecule has 3 heterocycles. The fourth-order valence-corrected chi connectivity index (χ4v) is 11.4. The molecule has 0 N–H and O–H groups in total. The van der Waals surface area contributed by atoms with Gasteiger partial charge in [-0.25, -0.2) is 15.0 Å². The zero-order valence-electron chi connectivity index (χ0n) is 34.2. The minimum atomic E-state index is -0.602. The lowest BCUT2D eigenvalue weighted by molar-refractivity contribution is 0.793. The number of hydrogen-bond donors (Lipinski definition) is 0. The Labute approximate surface area is 373 Å². The highest BCUT2D eigenvalue weighted by Gasteiger charge is 2.51. The number of pyridine rings is 1. The predicted molar refractivity (Wildman–Crippen MR) is 259 cm³/mol. The number of thiophene rings is 1. The maximum atomic E-state index is 10.2. The highest BCUT2D eigenvalue weighted by atomic mass is 32.1. The van der Waals surface area contributed by atoms with E-state index >= 15 is 0 Å². The Hall–Kier alpha value is -8.37. The van der Waals surface area contributed by atoms with Crippen molar-refractivity contribution in [1.29, 1.82) is 5.26 Å². The molecule has 0 bridgehead atoms. The van der Waals surface area contributed by atoms with E-state index in [1.807, 2.05) is 60.9 Å². The van der Waals surface area contributed by atoms with Crippen molar-refractivity contribution >= 4 is 31.5 Å². The first kappa shape index (κ1) is 36.3. The molecule has 64 heavy (non-hydrogen) atoms. The number of rotatable bonds is 5. The molecule has 11 aromatic rings. The van der Waals surface area contributed by atoms with Crippen molar-refractivity contribution in [3.8, 4) is 84.7 Å². The monoisotopic (exact) mass is 831 g/mol. The van der Waals surface area contributed by atoms with Crippen LogP contribution in [-0.4, -0.2) is 19.9 Å². The summed E-state index contributed by atoms with van der Waals surface area (Å²) in [6.45, 7) is 0. The quantitative estimate of drug-likeness (QED) is 0.173. The Morgan fingerprint density at radius 1 is 0.375 bits per heavy atom. The fourth-order valence-electron chi connectivity index (χ4n) is 10.2. The van der Waals surface area contributed by atoms with E-state index in [2.05, 4.69) is 151 Å². The van der Waals surface area contributed by atoms with Gasteiger partial charge in [0.1, 0.15) is 0 Å². The summed E-state index contributed by atoms with van der Waals surface area (Å²) in [6.07, 6.45) is 3.67. The average Bonchev–Trinajstić information content (AvgIpc) is 4.00. The van der Waals surface area contributed by atoms with E-state index in [4.69, 9.17) is 15.0 Å². The molecule has 296 valence electrons. The largest absolute Gasteiger partial charge is 0.265 e. The SMILES string of the molecule is N#Cc1ccc2c(c1)C1(c3ccccc3-c3ccccc31)c1cc(-c3cc(-c4ccncc4)cc(-c4nc(-c5ccccc5)nc(-c5ccc6c(c5)sc5ccccc56)n4)c3)ccc1-2. The van der Waals surface area contributed by atoms with E-state index in [-0.39, 0.29) is 0 Å². The Morgan fingerprint density at radius 2 is 0.938 bits per heavy atom. The summed E-state index contributed by atoms with van der Waals surface area (Å²) in [5, 5.41) is 12.7. The third kappa shape index (κ3) is 5.41. The molecule has 0 atom stereocenters. The number of fused-ring (bicyclic) bond motifs is 13. The highest BCUT2D eigenvalue weighted by molar-refractivity contribution is 7.25. The molecule has 1 spiro atoms. The first-order valence-electron chi connectivity index (χ1n) is 21.3. The third-order valence-electron chi connectivity index (χ3n) is 13.1. The fraction of sp³-hybridized carbons (Fsp3) is 0.0172. The Balaban J connectivity index is 1.03. The number of nitriles is 1. The van der Waals surface area contributed by atoms with E-state index in [0.29, 0.717) is 23.0 Å². The third-order valence-corrected chi connectivity index (χ3v) is 14.2. The molecule has 0 unspecified atom stereocenters. The van der Waals surface area contributed by atoms with Crippen LogP contribution < -0.4 is 0 Å². The van der Waals surface area contributed by atoms with Crippen molar-refractivity contribution in [2.45, 2.75) is 5.41 Å². The maximum Gasteiger partial charge on any atom is 0.164 e. The van der Waals surface area contributed by atoms with Crippen molar-refractivity contribution in [2.24, 2.45) is 0 Å².